The number of phosphoric acid groups is 2. The molecule has 0 aliphatic heterocycles. The fraction of sp³-hybridized carbons (Fsp3) is 0.938. The largest absolute Gasteiger partial charge is 0.472 e. The van der Waals surface area contributed by atoms with Gasteiger partial charge < -0.3 is 33.8 Å². The number of phosphoric ester groups is 2. The van der Waals surface area contributed by atoms with Crippen molar-refractivity contribution < 1.29 is 80.2 Å². The molecule has 0 amide bonds. The van der Waals surface area contributed by atoms with Crippen molar-refractivity contribution in [2.75, 3.05) is 39.6 Å². The average Bonchev–Trinajstić information content (AvgIpc) is 3.58. The first-order chi connectivity index (χ1) is 40.2. The van der Waals surface area contributed by atoms with E-state index in [1.54, 1.807) is 0 Å². The fourth-order valence-electron chi connectivity index (χ4n) is 9.54. The second-order valence-electron chi connectivity index (χ2n) is 24.9. The second-order valence-corrected chi connectivity index (χ2v) is 27.8. The normalized spacial score (nSPS) is 15.1. The average molecular weight is 1240 g/mol. The Balaban J connectivity index is 5.25. The Bertz CT molecular complexity index is 1680. The van der Waals surface area contributed by atoms with Crippen LogP contribution in [0.5, 0.6) is 0 Å². The highest BCUT2D eigenvalue weighted by Crippen LogP contribution is 2.45. The summed E-state index contributed by atoms with van der Waals surface area (Å²) in [4.78, 5) is 72.2. The lowest BCUT2D eigenvalue weighted by atomic mass is 9.99. The summed E-state index contributed by atoms with van der Waals surface area (Å²) in [5.74, 6) is 0.788. The Morgan fingerprint density at radius 3 is 0.845 bits per heavy atom. The van der Waals surface area contributed by atoms with Crippen LogP contribution in [0.15, 0.2) is 0 Å². The molecule has 0 aliphatic carbocycles. The predicted molar refractivity (Wildman–Crippen MR) is 335 cm³/mol. The molecule has 0 rings (SSSR count). The molecule has 19 heteroatoms. The van der Waals surface area contributed by atoms with E-state index in [0.29, 0.717) is 31.6 Å². The predicted octanol–water partition coefficient (Wildman–Crippen LogP) is 17.8. The molecule has 5 unspecified atom stereocenters. The number of ether oxygens (including phenoxy) is 4. The fourth-order valence-corrected chi connectivity index (χ4v) is 11.1. The number of carbonyl (C=O) groups excluding carboxylic acids is 4. The maximum Gasteiger partial charge on any atom is 0.472 e. The van der Waals surface area contributed by atoms with Crippen molar-refractivity contribution in [3.05, 3.63) is 0 Å². The highest BCUT2D eigenvalue weighted by atomic mass is 31.2. The van der Waals surface area contributed by atoms with Crippen LogP contribution < -0.4 is 0 Å². The summed E-state index contributed by atoms with van der Waals surface area (Å²) in [5, 5.41) is 10.5. The zero-order valence-corrected chi connectivity index (χ0v) is 56.3. The van der Waals surface area contributed by atoms with Gasteiger partial charge in [-0.3, -0.25) is 37.3 Å². The molecule has 0 aromatic heterocycles. The van der Waals surface area contributed by atoms with Gasteiger partial charge in [-0.15, -0.1) is 0 Å². The molecule has 0 fully saturated rings. The monoisotopic (exact) mass is 1240 g/mol. The smallest absolute Gasteiger partial charge is 0.462 e. The van der Waals surface area contributed by atoms with E-state index in [0.717, 1.165) is 114 Å². The lowest BCUT2D eigenvalue weighted by molar-refractivity contribution is -0.161. The van der Waals surface area contributed by atoms with Gasteiger partial charge in [0.25, 0.3) is 0 Å². The van der Waals surface area contributed by atoms with E-state index in [1.165, 1.54) is 109 Å². The van der Waals surface area contributed by atoms with E-state index < -0.39 is 97.5 Å². The quantitative estimate of drug-likeness (QED) is 0.0222. The van der Waals surface area contributed by atoms with Gasteiger partial charge in [-0.05, 0) is 49.4 Å². The zero-order chi connectivity index (χ0) is 62.5. The Kier molecular flexibility index (Phi) is 53.9. The maximum atomic E-state index is 13.0. The maximum absolute atomic E-state index is 13.0. The molecule has 7 atom stereocenters. The van der Waals surface area contributed by atoms with Crippen molar-refractivity contribution >= 4 is 39.5 Å². The molecule has 3 N–H and O–H groups in total. The van der Waals surface area contributed by atoms with Crippen molar-refractivity contribution in [3.8, 4) is 0 Å². The van der Waals surface area contributed by atoms with E-state index in [-0.39, 0.29) is 25.7 Å². The van der Waals surface area contributed by atoms with Gasteiger partial charge in [0, 0.05) is 25.7 Å². The summed E-state index contributed by atoms with van der Waals surface area (Å²) in [6, 6.07) is 0. The minimum atomic E-state index is -4.95. The number of unbranched alkanes of at least 4 members (excludes halogenated alkanes) is 26. The van der Waals surface area contributed by atoms with E-state index in [4.69, 9.17) is 37.0 Å². The number of hydrogen-bond acceptors (Lipinski definition) is 15. The topological polar surface area (TPSA) is 237 Å². The van der Waals surface area contributed by atoms with Crippen LogP contribution in [0, 0.1) is 23.7 Å². The van der Waals surface area contributed by atoms with Crippen LogP contribution in [0.2, 0.25) is 0 Å². The van der Waals surface area contributed by atoms with Crippen LogP contribution >= 0.6 is 15.6 Å². The van der Waals surface area contributed by atoms with Crippen molar-refractivity contribution in [2.45, 2.75) is 331 Å². The van der Waals surface area contributed by atoms with E-state index in [9.17, 15) is 43.2 Å². The first-order valence-electron chi connectivity index (χ1n) is 33.8. The molecule has 0 radical (unpaired) electrons. The van der Waals surface area contributed by atoms with Crippen molar-refractivity contribution in [3.63, 3.8) is 0 Å². The van der Waals surface area contributed by atoms with Gasteiger partial charge in [0.05, 0.1) is 26.4 Å². The third kappa shape index (κ3) is 56.6. The first kappa shape index (κ1) is 82.1. The molecule has 0 aromatic rings. The van der Waals surface area contributed by atoms with Crippen molar-refractivity contribution in [1.82, 2.24) is 0 Å². The van der Waals surface area contributed by atoms with Crippen molar-refractivity contribution in [1.29, 1.82) is 0 Å². The van der Waals surface area contributed by atoms with Gasteiger partial charge in [-0.1, -0.05) is 261 Å². The second kappa shape index (κ2) is 55.2. The molecule has 0 aromatic carbocycles. The molecule has 0 heterocycles. The molecule has 0 spiro atoms. The van der Waals surface area contributed by atoms with Crippen LogP contribution in [0.3, 0.4) is 0 Å². The molecule has 0 saturated heterocycles. The molecule has 84 heavy (non-hydrogen) atoms. The first-order valence-corrected chi connectivity index (χ1v) is 36.8. The Labute approximate surface area is 511 Å². The number of esters is 4. The number of aliphatic hydroxyl groups excluding tert-OH is 1. The molecular weight excluding hydrogens is 1110 g/mol. The van der Waals surface area contributed by atoms with Crippen LogP contribution in [-0.2, 0) is 65.4 Å². The van der Waals surface area contributed by atoms with Gasteiger partial charge in [0.15, 0.2) is 12.2 Å². The summed E-state index contributed by atoms with van der Waals surface area (Å²) in [6.45, 7) is 14.0. The molecule has 0 saturated carbocycles. The van der Waals surface area contributed by atoms with E-state index >= 15 is 0 Å². The molecule has 17 nitrogen and oxygen atoms in total. The molecule has 498 valence electrons. The summed E-state index contributed by atoms with van der Waals surface area (Å²) in [7, 11) is -9.89. The Hall–Kier alpha value is -1.94. The van der Waals surface area contributed by atoms with Gasteiger partial charge in [0.2, 0.25) is 0 Å². The standard InChI is InChI=1S/C65H126O17P2/c1-9-57(7)43-35-27-18-13-11-12-14-20-31-39-47-64(69)81-60(52-76-63(68)46-38-30-23-21-26-34-42-56(5)6)53-79-83(71,72)77-49-59(66)50-78-84(73,74)80-54-61(82-65(70)48-40-32-24-22-28-36-44-58(8)10-2)51-75-62(67)45-37-29-19-16-15-17-25-33-41-55(3)4/h55-61,66H,9-54H2,1-8H3,(H,71,72)(H,73,74)/t57?,58?,59?,60-,61-/m1/s1. The Morgan fingerprint density at radius 2 is 0.571 bits per heavy atom. The van der Waals surface area contributed by atoms with E-state index in [1.807, 2.05) is 0 Å². The Morgan fingerprint density at radius 1 is 0.333 bits per heavy atom. The minimum absolute atomic E-state index is 0.102. The summed E-state index contributed by atoms with van der Waals surface area (Å²) in [5.41, 5.74) is 0. The van der Waals surface area contributed by atoms with Gasteiger partial charge in [-0.2, -0.15) is 0 Å². The van der Waals surface area contributed by atoms with Crippen LogP contribution in [0.25, 0.3) is 0 Å². The van der Waals surface area contributed by atoms with Gasteiger partial charge >= 0.3 is 39.5 Å². The van der Waals surface area contributed by atoms with Gasteiger partial charge in [-0.25, -0.2) is 9.13 Å². The van der Waals surface area contributed by atoms with Crippen LogP contribution in [0.4, 0.5) is 0 Å². The summed E-state index contributed by atoms with van der Waals surface area (Å²) >= 11 is 0. The van der Waals surface area contributed by atoms with Crippen molar-refractivity contribution in [2.24, 2.45) is 23.7 Å². The third-order valence-corrected chi connectivity index (χ3v) is 17.4. The minimum Gasteiger partial charge on any atom is -0.462 e. The number of hydrogen-bond donors (Lipinski definition) is 3. The van der Waals surface area contributed by atoms with Gasteiger partial charge in [0.1, 0.15) is 19.3 Å². The molecular formula is C65H126O17P2. The molecule has 0 bridgehead atoms. The summed E-state index contributed by atoms with van der Waals surface area (Å²) < 4.78 is 68.0. The lowest BCUT2D eigenvalue weighted by Crippen LogP contribution is -2.30. The highest BCUT2D eigenvalue weighted by Gasteiger charge is 2.30. The van der Waals surface area contributed by atoms with Crippen LogP contribution in [0.1, 0.15) is 312 Å². The summed E-state index contributed by atoms with van der Waals surface area (Å²) in [6.07, 6.45) is 35.0. The lowest BCUT2D eigenvalue weighted by Gasteiger charge is -2.21. The van der Waals surface area contributed by atoms with Crippen LogP contribution in [-0.4, -0.2) is 96.7 Å². The molecule has 0 aliphatic rings. The zero-order valence-electron chi connectivity index (χ0n) is 54.5. The van der Waals surface area contributed by atoms with E-state index in [2.05, 4.69) is 55.4 Å². The number of aliphatic hydroxyl groups is 1. The third-order valence-electron chi connectivity index (χ3n) is 15.5. The number of carbonyl (C=O) groups is 4. The highest BCUT2D eigenvalue weighted by molar-refractivity contribution is 7.47. The SMILES string of the molecule is CCC(C)CCCCCCCCCCCCC(=O)O[C@H](COC(=O)CCCCCCCCC(C)C)COP(=O)(O)OCC(O)COP(=O)(O)OC[C@@H](COC(=O)CCCCCCCCCCC(C)C)OC(=O)CCCCCCCCC(C)CC. The number of rotatable bonds is 62.